The number of hydrogen-bond donors (Lipinski definition) is 1. The first-order chi connectivity index (χ1) is 15.6. The Balaban J connectivity index is 1.46. The summed E-state index contributed by atoms with van der Waals surface area (Å²) in [5.41, 5.74) is 4.73. The lowest BCUT2D eigenvalue weighted by atomic mass is 10.0. The average Bonchev–Trinajstić information content (AvgIpc) is 3.13. The van der Waals surface area contributed by atoms with Crippen molar-refractivity contribution >= 4 is 51.9 Å². The molecule has 2 aliphatic rings. The summed E-state index contributed by atoms with van der Waals surface area (Å²) in [4.78, 5) is 27.0. The van der Waals surface area contributed by atoms with Gasteiger partial charge in [-0.3, -0.25) is 9.59 Å². The molecule has 0 unspecified atom stereocenters. The Morgan fingerprint density at radius 3 is 2.59 bits per heavy atom. The molecular formula is C25H18N2O3S2. The van der Waals surface area contributed by atoms with Crippen LogP contribution in [0.2, 0.25) is 0 Å². The van der Waals surface area contributed by atoms with Crippen molar-refractivity contribution in [3.05, 3.63) is 88.8 Å². The zero-order valence-corrected chi connectivity index (χ0v) is 18.5. The van der Waals surface area contributed by atoms with E-state index in [1.54, 1.807) is 11.0 Å². The van der Waals surface area contributed by atoms with Crippen molar-refractivity contribution in [2.24, 2.45) is 0 Å². The smallest absolute Gasteiger partial charge is 0.265 e. The number of anilines is 1. The molecule has 0 bridgehead atoms. The van der Waals surface area contributed by atoms with E-state index >= 15 is 0 Å². The summed E-state index contributed by atoms with van der Waals surface area (Å²) in [5.74, 6) is 0.325. The normalized spacial score (nSPS) is 16.7. The maximum Gasteiger partial charge on any atom is 0.265 e. The van der Waals surface area contributed by atoms with Crippen molar-refractivity contribution in [3.63, 3.8) is 0 Å². The predicted molar refractivity (Wildman–Crippen MR) is 131 cm³/mol. The first-order valence-corrected chi connectivity index (χ1v) is 11.3. The zero-order chi connectivity index (χ0) is 22.1. The van der Waals surface area contributed by atoms with E-state index in [0.29, 0.717) is 27.2 Å². The third-order valence-corrected chi connectivity index (χ3v) is 6.40. The average molecular weight is 459 g/mol. The van der Waals surface area contributed by atoms with E-state index in [9.17, 15) is 9.59 Å². The van der Waals surface area contributed by atoms with Crippen LogP contribution in [0.5, 0.6) is 5.75 Å². The summed E-state index contributed by atoms with van der Waals surface area (Å²) in [6.07, 6.45) is 1.77. The van der Waals surface area contributed by atoms with Crippen LogP contribution in [0.25, 0.3) is 17.2 Å². The van der Waals surface area contributed by atoms with E-state index in [2.05, 4.69) is 29.6 Å². The van der Waals surface area contributed by atoms with Crippen LogP contribution in [0.4, 0.5) is 5.69 Å². The minimum atomic E-state index is -0.209. The van der Waals surface area contributed by atoms with Gasteiger partial charge in [0.2, 0.25) is 0 Å². The Morgan fingerprint density at radius 1 is 1.00 bits per heavy atom. The Morgan fingerprint density at radius 2 is 1.81 bits per heavy atom. The van der Waals surface area contributed by atoms with Gasteiger partial charge in [-0.15, -0.1) is 0 Å². The number of thioether (sulfide) groups is 1. The summed E-state index contributed by atoms with van der Waals surface area (Å²) >= 11 is 6.29. The molecule has 1 fully saturated rings. The number of rotatable bonds is 4. The lowest BCUT2D eigenvalue weighted by molar-refractivity contribution is -0.121. The van der Waals surface area contributed by atoms with E-state index in [0.717, 1.165) is 22.3 Å². The number of carbonyl (C=O) groups is 2. The first-order valence-electron chi connectivity index (χ1n) is 10.0. The van der Waals surface area contributed by atoms with Crippen molar-refractivity contribution in [1.29, 1.82) is 0 Å². The molecule has 5 nitrogen and oxygen atoms in total. The number of amides is 2. The van der Waals surface area contributed by atoms with Gasteiger partial charge in [0.05, 0.1) is 17.1 Å². The number of thiocarbonyl (C=S) groups is 1. The van der Waals surface area contributed by atoms with Gasteiger partial charge in [0.25, 0.3) is 11.8 Å². The van der Waals surface area contributed by atoms with E-state index in [1.807, 2.05) is 48.5 Å². The quantitative estimate of drug-likeness (QED) is 0.451. The van der Waals surface area contributed by atoms with E-state index in [1.165, 1.54) is 11.8 Å². The Hall–Kier alpha value is -3.42. The monoisotopic (exact) mass is 458 g/mol. The highest BCUT2D eigenvalue weighted by atomic mass is 32.2. The third-order valence-electron chi connectivity index (χ3n) is 5.24. The molecule has 2 aliphatic heterocycles. The molecule has 32 heavy (non-hydrogen) atoms. The molecule has 158 valence electrons. The van der Waals surface area contributed by atoms with E-state index in [4.69, 9.17) is 17.0 Å². The van der Waals surface area contributed by atoms with Gasteiger partial charge in [0.15, 0.2) is 6.61 Å². The maximum absolute atomic E-state index is 12.8. The number of carbonyl (C=O) groups excluding carboxylic acids is 2. The summed E-state index contributed by atoms with van der Waals surface area (Å²) in [5, 5.41) is 2.61. The van der Waals surface area contributed by atoms with E-state index in [-0.39, 0.29) is 18.4 Å². The van der Waals surface area contributed by atoms with Crippen LogP contribution >= 0.6 is 24.0 Å². The number of fused-ring (bicyclic) bond motifs is 1. The second-order valence-corrected chi connectivity index (χ2v) is 9.13. The Kier molecular flexibility index (Phi) is 5.51. The van der Waals surface area contributed by atoms with Gasteiger partial charge < -0.3 is 15.0 Å². The lowest BCUT2D eigenvalue weighted by Gasteiger charge is -2.30. The van der Waals surface area contributed by atoms with Gasteiger partial charge in [-0.05, 0) is 46.5 Å². The van der Waals surface area contributed by atoms with Gasteiger partial charge in [-0.1, -0.05) is 78.6 Å². The van der Waals surface area contributed by atoms with Crippen molar-refractivity contribution in [2.45, 2.75) is 6.54 Å². The molecule has 5 rings (SSSR count). The molecule has 0 aliphatic carbocycles. The summed E-state index contributed by atoms with van der Waals surface area (Å²) < 4.78 is 6.08. The maximum atomic E-state index is 12.8. The Labute approximate surface area is 195 Å². The molecule has 0 atom stereocenters. The van der Waals surface area contributed by atoms with Crippen LogP contribution < -0.4 is 15.0 Å². The molecule has 3 aromatic rings. The Bertz CT molecular complexity index is 1270. The third kappa shape index (κ3) is 4.17. The first kappa shape index (κ1) is 20.5. The number of hydrogen-bond acceptors (Lipinski definition) is 5. The van der Waals surface area contributed by atoms with Crippen LogP contribution in [0.1, 0.15) is 11.1 Å². The lowest BCUT2D eigenvalue weighted by Crippen LogP contribution is -2.38. The van der Waals surface area contributed by atoms with Gasteiger partial charge >= 0.3 is 0 Å². The number of ether oxygens (including phenoxy) is 1. The molecule has 1 saturated heterocycles. The molecule has 2 amide bonds. The molecular weight excluding hydrogens is 440 g/mol. The van der Waals surface area contributed by atoms with Crippen molar-refractivity contribution in [1.82, 2.24) is 5.32 Å². The number of nitrogens with zero attached hydrogens (tertiary/aromatic N) is 1. The predicted octanol–water partition coefficient (Wildman–Crippen LogP) is 4.77. The van der Waals surface area contributed by atoms with Crippen molar-refractivity contribution in [3.8, 4) is 16.9 Å². The topological polar surface area (TPSA) is 58.6 Å². The molecule has 0 aromatic heterocycles. The van der Waals surface area contributed by atoms with E-state index < -0.39 is 0 Å². The van der Waals surface area contributed by atoms with Crippen LogP contribution in [-0.4, -0.2) is 22.7 Å². The van der Waals surface area contributed by atoms with Crippen molar-refractivity contribution in [2.75, 3.05) is 11.5 Å². The second kappa shape index (κ2) is 8.61. The molecule has 0 radical (unpaired) electrons. The highest BCUT2D eigenvalue weighted by molar-refractivity contribution is 8.26. The molecule has 3 aromatic carbocycles. The molecule has 1 N–H and O–H groups in total. The molecule has 2 heterocycles. The minimum absolute atomic E-state index is 0.00165. The van der Waals surface area contributed by atoms with Gasteiger partial charge in [0.1, 0.15) is 10.1 Å². The van der Waals surface area contributed by atoms with Gasteiger partial charge in [-0.25, -0.2) is 0 Å². The fraction of sp³-hybridized carbons (Fsp3) is 0.0800. The van der Waals surface area contributed by atoms with Gasteiger partial charge in [-0.2, -0.15) is 0 Å². The SMILES string of the molecule is O=C1NC(=S)S/C1=C/c1ccc2c(c1)N(Cc1cccc(-c3ccccc3)c1)C(=O)CO2. The van der Waals surface area contributed by atoms with Crippen molar-refractivity contribution < 1.29 is 14.3 Å². The largest absolute Gasteiger partial charge is 0.482 e. The molecule has 7 heteroatoms. The molecule has 0 spiro atoms. The standard InChI is InChI=1S/C25H18N2O3S2/c28-23-15-30-21-10-9-16(13-22-24(29)26-25(31)32-22)12-20(21)27(23)14-17-5-4-8-19(11-17)18-6-2-1-3-7-18/h1-13H,14-15H2,(H,26,29,31)/b22-13+. The van der Waals surface area contributed by atoms with Gasteiger partial charge in [0, 0.05) is 0 Å². The van der Waals surface area contributed by atoms with Crippen LogP contribution in [0.3, 0.4) is 0 Å². The summed E-state index contributed by atoms with van der Waals surface area (Å²) in [7, 11) is 0. The molecule has 0 saturated carbocycles. The second-order valence-electron chi connectivity index (χ2n) is 7.41. The van der Waals surface area contributed by atoms with Crippen LogP contribution in [0, 0.1) is 0 Å². The minimum Gasteiger partial charge on any atom is -0.482 e. The fourth-order valence-corrected chi connectivity index (χ4v) is 4.76. The highest BCUT2D eigenvalue weighted by Gasteiger charge is 2.27. The van der Waals surface area contributed by atoms with Crippen LogP contribution in [-0.2, 0) is 16.1 Å². The summed E-state index contributed by atoms with van der Waals surface area (Å²) in [6.45, 7) is 0.424. The summed E-state index contributed by atoms with van der Waals surface area (Å²) in [6, 6.07) is 23.9. The fourth-order valence-electron chi connectivity index (χ4n) is 3.72. The number of nitrogens with one attached hydrogen (secondary N) is 1. The zero-order valence-electron chi connectivity index (χ0n) is 16.9. The number of benzene rings is 3. The van der Waals surface area contributed by atoms with Crippen LogP contribution in [0.15, 0.2) is 77.7 Å². The highest BCUT2D eigenvalue weighted by Crippen LogP contribution is 2.36.